The molecule has 0 saturated carbocycles. The summed E-state index contributed by atoms with van der Waals surface area (Å²) in [5.74, 6) is -0.0367. The highest BCUT2D eigenvalue weighted by atomic mass is 32.2. The molecule has 2 atom stereocenters. The third kappa shape index (κ3) is 5.65. The monoisotopic (exact) mass is 484 g/mol. The van der Waals surface area contributed by atoms with Gasteiger partial charge in [0, 0.05) is 25.6 Å². The molecule has 0 aromatic heterocycles. The second-order valence-electron chi connectivity index (χ2n) is 9.29. The minimum atomic E-state index is -3.57. The average molecular weight is 485 g/mol. The van der Waals surface area contributed by atoms with E-state index < -0.39 is 10.0 Å². The number of aryl methyl sites for hydroxylation is 1. The van der Waals surface area contributed by atoms with Gasteiger partial charge in [-0.1, -0.05) is 29.8 Å². The topological polar surface area (TPSA) is 98.8 Å². The van der Waals surface area contributed by atoms with Gasteiger partial charge in [-0.25, -0.2) is 13.1 Å². The molecule has 2 amide bonds. The first-order valence-electron chi connectivity index (χ1n) is 11.7. The number of rotatable bonds is 6. The van der Waals surface area contributed by atoms with Crippen molar-refractivity contribution in [1.82, 2.24) is 9.62 Å². The molecular formula is C25H32N4O4S. The maximum absolute atomic E-state index is 13.4. The molecule has 182 valence electrons. The molecule has 2 N–H and O–H groups in total. The quantitative estimate of drug-likeness (QED) is 0.657. The predicted molar refractivity (Wildman–Crippen MR) is 132 cm³/mol. The smallest absolute Gasteiger partial charge is 0.241 e. The minimum absolute atomic E-state index is 0.0580. The third-order valence-corrected chi connectivity index (χ3v) is 7.92. The zero-order chi connectivity index (χ0) is 24.3. The number of amides is 2. The Bertz CT molecular complexity index is 1150. The number of benzene rings is 2. The van der Waals surface area contributed by atoms with E-state index in [-0.39, 0.29) is 41.6 Å². The highest BCUT2D eigenvalue weighted by Crippen LogP contribution is 2.31. The number of nitrogens with one attached hydrogen (secondary N) is 2. The van der Waals surface area contributed by atoms with E-state index in [1.165, 1.54) is 0 Å². The van der Waals surface area contributed by atoms with Crippen molar-refractivity contribution < 1.29 is 18.0 Å². The molecule has 0 radical (unpaired) electrons. The number of piperidine rings is 1. The van der Waals surface area contributed by atoms with Crippen LogP contribution < -0.4 is 14.9 Å². The molecule has 2 unspecified atom stereocenters. The molecule has 8 nitrogen and oxygen atoms in total. The summed E-state index contributed by atoms with van der Waals surface area (Å²) >= 11 is 0. The van der Waals surface area contributed by atoms with Gasteiger partial charge >= 0.3 is 0 Å². The molecule has 4 rings (SSSR count). The lowest BCUT2D eigenvalue weighted by molar-refractivity contribution is -0.120. The highest BCUT2D eigenvalue weighted by Gasteiger charge is 2.31. The summed E-state index contributed by atoms with van der Waals surface area (Å²) in [5, 5.41) is 2.88. The predicted octanol–water partition coefficient (Wildman–Crippen LogP) is 2.75. The van der Waals surface area contributed by atoms with E-state index in [1.807, 2.05) is 38.1 Å². The van der Waals surface area contributed by atoms with Crippen LogP contribution in [0.1, 0.15) is 31.7 Å². The molecule has 34 heavy (non-hydrogen) atoms. The van der Waals surface area contributed by atoms with Gasteiger partial charge in [0.2, 0.25) is 21.8 Å². The largest absolute Gasteiger partial charge is 0.324 e. The maximum Gasteiger partial charge on any atom is 0.241 e. The van der Waals surface area contributed by atoms with Crippen molar-refractivity contribution in [3.63, 3.8) is 0 Å². The lowest BCUT2D eigenvalue weighted by atomic mass is 9.98. The van der Waals surface area contributed by atoms with Gasteiger partial charge in [0.25, 0.3) is 0 Å². The zero-order valence-electron chi connectivity index (χ0n) is 19.7. The molecule has 2 aliphatic heterocycles. The second-order valence-corrected chi connectivity index (χ2v) is 11.1. The Kier molecular flexibility index (Phi) is 7.35. The van der Waals surface area contributed by atoms with E-state index in [9.17, 15) is 18.0 Å². The van der Waals surface area contributed by atoms with E-state index in [0.717, 1.165) is 24.9 Å². The van der Waals surface area contributed by atoms with E-state index in [4.69, 9.17) is 0 Å². The number of anilines is 2. The lowest BCUT2D eigenvalue weighted by Gasteiger charge is -2.35. The number of nitrogens with zero attached hydrogens (tertiary/aromatic N) is 2. The van der Waals surface area contributed by atoms with Gasteiger partial charge in [-0.2, -0.15) is 0 Å². The Hall–Kier alpha value is -2.75. The lowest BCUT2D eigenvalue weighted by Crippen LogP contribution is -2.48. The molecule has 2 aromatic rings. The molecule has 0 bridgehead atoms. The SMILES string of the molecule is Cc1ccc(S(=O)(=O)NCC2CCCN(CC(=O)N3c4ccccc4NC(=O)CC3C)C2)cc1. The van der Waals surface area contributed by atoms with Gasteiger partial charge in [0.05, 0.1) is 22.8 Å². The number of likely N-dealkylation sites (tertiary alicyclic amines) is 1. The van der Waals surface area contributed by atoms with Crippen LogP contribution in [0.3, 0.4) is 0 Å². The summed E-state index contributed by atoms with van der Waals surface area (Å²) in [6.45, 7) is 5.80. The Morgan fingerprint density at radius 3 is 2.65 bits per heavy atom. The van der Waals surface area contributed by atoms with Crippen molar-refractivity contribution in [1.29, 1.82) is 0 Å². The van der Waals surface area contributed by atoms with Crippen molar-refractivity contribution in [2.24, 2.45) is 5.92 Å². The highest BCUT2D eigenvalue weighted by molar-refractivity contribution is 7.89. The summed E-state index contributed by atoms with van der Waals surface area (Å²) < 4.78 is 28.0. The number of sulfonamides is 1. The summed E-state index contributed by atoms with van der Waals surface area (Å²) in [6.07, 6.45) is 2.04. The Balaban J connectivity index is 1.38. The van der Waals surface area contributed by atoms with Gasteiger partial charge in [0.15, 0.2) is 0 Å². The van der Waals surface area contributed by atoms with Crippen molar-refractivity contribution in [2.75, 3.05) is 36.4 Å². The van der Waals surface area contributed by atoms with Gasteiger partial charge < -0.3 is 10.2 Å². The molecule has 1 fully saturated rings. The van der Waals surface area contributed by atoms with Gasteiger partial charge in [-0.15, -0.1) is 0 Å². The first-order chi connectivity index (χ1) is 16.2. The van der Waals surface area contributed by atoms with Crippen molar-refractivity contribution in [3.05, 3.63) is 54.1 Å². The Morgan fingerprint density at radius 1 is 1.15 bits per heavy atom. The molecule has 1 saturated heterocycles. The minimum Gasteiger partial charge on any atom is -0.324 e. The zero-order valence-corrected chi connectivity index (χ0v) is 20.5. The van der Waals surface area contributed by atoms with Crippen LogP contribution in [0.4, 0.5) is 11.4 Å². The van der Waals surface area contributed by atoms with Crippen LogP contribution in [0.2, 0.25) is 0 Å². The first-order valence-corrected chi connectivity index (χ1v) is 13.2. The molecular weight excluding hydrogens is 452 g/mol. The van der Waals surface area contributed by atoms with Gasteiger partial charge in [-0.3, -0.25) is 14.5 Å². The van der Waals surface area contributed by atoms with E-state index in [1.54, 1.807) is 29.2 Å². The number of para-hydroxylation sites is 2. The van der Waals surface area contributed by atoms with Crippen LogP contribution in [-0.2, 0) is 19.6 Å². The standard InChI is InChI=1S/C25H32N4O4S/c1-18-9-11-21(12-10-18)34(32,33)26-15-20-6-5-13-28(16-20)17-25(31)29-19(2)14-24(30)27-22-7-3-4-8-23(22)29/h3-4,7-12,19-20,26H,5-6,13-17H2,1-2H3,(H,27,30). The van der Waals surface area contributed by atoms with E-state index in [0.29, 0.717) is 24.5 Å². The van der Waals surface area contributed by atoms with Crippen molar-refractivity contribution in [2.45, 2.75) is 44.0 Å². The molecule has 9 heteroatoms. The molecule has 2 aliphatic rings. The number of carbonyl (C=O) groups is 2. The average Bonchev–Trinajstić information content (AvgIpc) is 2.92. The molecule has 0 spiro atoms. The van der Waals surface area contributed by atoms with Crippen LogP contribution in [0.5, 0.6) is 0 Å². The Labute approximate surface area is 201 Å². The Morgan fingerprint density at radius 2 is 1.88 bits per heavy atom. The van der Waals surface area contributed by atoms with E-state index >= 15 is 0 Å². The summed E-state index contributed by atoms with van der Waals surface area (Å²) in [6, 6.07) is 13.9. The fourth-order valence-electron chi connectivity index (χ4n) is 4.73. The number of hydrogen-bond acceptors (Lipinski definition) is 5. The van der Waals surface area contributed by atoms with Gasteiger partial charge in [0.1, 0.15) is 0 Å². The molecule has 2 heterocycles. The van der Waals surface area contributed by atoms with Crippen LogP contribution in [0.15, 0.2) is 53.4 Å². The maximum atomic E-state index is 13.4. The van der Waals surface area contributed by atoms with Crippen LogP contribution in [0, 0.1) is 12.8 Å². The third-order valence-electron chi connectivity index (χ3n) is 6.48. The van der Waals surface area contributed by atoms with Crippen molar-refractivity contribution in [3.8, 4) is 0 Å². The van der Waals surface area contributed by atoms with Crippen LogP contribution in [0.25, 0.3) is 0 Å². The first kappa shape index (κ1) is 24.4. The fourth-order valence-corrected chi connectivity index (χ4v) is 5.84. The van der Waals surface area contributed by atoms with Crippen molar-refractivity contribution >= 4 is 33.2 Å². The fraction of sp³-hybridized carbons (Fsp3) is 0.440. The summed E-state index contributed by atoms with van der Waals surface area (Å²) in [7, 11) is -3.57. The number of hydrogen-bond donors (Lipinski definition) is 2. The summed E-state index contributed by atoms with van der Waals surface area (Å²) in [5.41, 5.74) is 2.37. The summed E-state index contributed by atoms with van der Waals surface area (Å²) in [4.78, 5) is 29.7. The second kappa shape index (κ2) is 10.2. The number of fused-ring (bicyclic) bond motifs is 1. The van der Waals surface area contributed by atoms with Crippen LogP contribution >= 0.6 is 0 Å². The van der Waals surface area contributed by atoms with E-state index in [2.05, 4.69) is 14.9 Å². The van der Waals surface area contributed by atoms with Gasteiger partial charge in [-0.05, 0) is 63.4 Å². The van der Waals surface area contributed by atoms with Crippen LogP contribution in [-0.4, -0.2) is 57.4 Å². The molecule has 0 aliphatic carbocycles. The number of carbonyl (C=O) groups excluding carboxylic acids is 2. The molecule has 2 aromatic carbocycles. The normalized spacial score (nSPS) is 21.5.